The molecule has 1 heterocycles. The van der Waals surface area contributed by atoms with Crippen molar-refractivity contribution in [3.8, 4) is 11.5 Å². The summed E-state index contributed by atoms with van der Waals surface area (Å²) in [7, 11) is 1.62. The van der Waals surface area contributed by atoms with Gasteiger partial charge in [0.05, 0.1) is 31.0 Å². The first-order valence-corrected chi connectivity index (χ1v) is 7.94. The standard InChI is InChI=1S/C19H22N2O3/c1-13-8-18-19(9-14(13)2)21(12-20-18)10-15(22)11-24-17-6-4-16(23-3)5-7-17/h4-9,12,15,22H,10-11H2,1-3H3/t15-/m1/s1. The molecule has 5 heteroatoms. The van der Waals surface area contributed by atoms with E-state index in [9.17, 15) is 5.11 Å². The second-order valence-electron chi connectivity index (χ2n) is 5.96. The lowest BCUT2D eigenvalue weighted by Crippen LogP contribution is -2.23. The maximum Gasteiger partial charge on any atom is 0.119 e. The van der Waals surface area contributed by atoms with Gasteiger partial charge in [-0.25, -0.2) is 4.98 Å². The molecule has 2 aromatic carbocycles. The van der Waals surface area contributed by atoms with Crippen molar-refractivity contribution >= 4 is 11.0 Å². The molecule has 0 amide bonds. The van der Waals surface area contributed by atoms with Gasteiger partial charge in [0.15, 0.2) is 0 Å². The Labute approximate surface area is 141 Å². The van der Waals surface area contributed by atoms with E-state index in [0.29, 0.717) is 12.3 Å². The Hall–Kier alpha value is -2.53. The zero-order valence-corrected chi connectivity index (χ0v) is 14.2. The van der Waals surface area contributed by atoms with Gasteiger partial charge in [-0.15, -0.1) is 0 Å². The number of aromatic nitrogens is 2. The van der Waals surface area contributed by atoms with Gasteiger partial charge in [0.2, 0.25) is 0 Å². The lowest BCUT2D eigenvalue weighted by atomic mass is 10.1. The summed E-state index contributed by atoms with van der Waals surface area (Å²) in [5.74, 6) is 1.48. The van der Waals surface area contributed by atoms with E-state index in [2.05, 4.69) is 31.0 Å². The first-order chi connectivity index (χ1) is 11.6. The minimum atomic E-state index is -0.619. The van der Waals surface area contributed by atoms with E-state index < -0.39 is 6.10 Å². The van der Waals surface area contributed by atoms with Crippen LogP contribution in [0.1, 0.15) is 11.1 Å². The Morgan fingerprint density at radius 2 is 1.75 bits per heavy atom. The van der Waals surface area contributed by atoms with Gasteiger partial charge in [-0.2, -0.15) is 0 Å². The summed E-state index contributed by atoms with van der Waals surface area (Å²) in [5, 5.41) is 10.3. The summed E-state index contributed by atoms with van der Waals surface area (Å²) in [6.07, 6.45) is 1.14. The van der Waals surface area contributed by atoms with Crippen molar-refractivity contribution < 1.29 is 14.6 Å². The van der Waals surface area contributed by atoms with Crippen molar-refractivity contribution in [2.45, 2.75) is 26.5 Å². The first kappa shape index (κ1) is 16.3. The number of aliphatic hydroxyl groups excluding tert-OH is 1. The highest BCUT2D eigenvalue weighted by Gasteiger charge is 2.11. The van der Waals surface area contributed by atoms with Crippen LogP contribution in [0.2, 0.25) is 0 Å². The monoisotopic (exact) mass is 326 g/mol. The van der Waals surface area contributed by atoms with Crippen LogP contribution >= 0.6 is 0 Å². The van der Waals surface area contributed by atoms with Crippen LogP contribution in [0.5, 0.6) is 11.5 Å². The number of imidazole rings is 1. The van der Waals surface area contributed by atoms with Gasteiger partial charge in [0.25, 0.3) is 0 Å². The SMILES string of the molecule is COc1ccc(OC[C@H](O)Cn2cnc3cc(C)c(C)cc32)cc1. The third-order valence-electron chi connectivity index (χ3n) is 4.15. The topological polar surface area (TPSA) is 56.5 Å². The number of hydrogen-bond donors (Lipinski definition) is 1. The molecule has 0 aliphatic heterocycles. The number of aryl methyl sites for hydroxylation is 2. The molecule has 3 rings (SSSR count). The van der Waals surface area contributed by atoms with Gasteiger partial charge >= 0.3 is 0 Å². The molecule has 0 saturated carbocycles. The van der Waals surface area contributed by atoms with E-state index in [4.69, 9.17) is 9.47 Å². The molecule has 1 aromatic heterocycles. The van der Waals surface area contributed by atoms with Crippen molar-refractivity contribution in [3.05, 3.63) is 53.9 Å². The van der Waals surface area contributed by atoms with E-state index in [1.165, 1.54) is 11.1 Å². The van der Waals surface area contributed by atoms with Crippen molar-refractivity contribution in [2.75, 3.05) is 13.7 Å². The Bertz CT molecular complexity index is 824. The third-order valence-corrected chi connectivity index (χ3v) is 4.15. The van der Waals surface area contributed by atoms with Gasteiger partial charge in [-0.05, 0) is 61.4 Å². The van der Waals surface area contributed by atoms with Gasteiger partial charge in [-0.1, -0.05) is 0 Å². The normalized spacial score (nSPS) is 12.3. The quantitative estimate of drug-likeness (QED) is 0.756. The second kappa shape index (κ2) is 6.93. The number of ether oxygens (including phenoxy) is 2. The third kappa shape index (κ3) is 3.51. The predicted molar refractivity (Wildman–Crippen MR) is 93.7 cm³/mol. The van der Waals surface area contributed by atoms with E-state index in [1.807, 2.05) is 28.8 Å². The number of benzene rings is 2. The molecular formula is C19H22N2O3. The minimum Gasteiger partial charge on any atom is -0.497 e. The molecule has 1 N–H and O–H groups in total. The molecule has 0 aliphatic rings. The van der Waals surface area contributed by atoms with E-state index in [1.54, 1.807) is 13.4 Å². The molecule has 0 bridgehead atoms. The highest BCUT2D eigenvalue weighted by atomic mass is 16.5. The fourth-order valence-electron chi connectivity index (χ4n) is 2.60. The maximum atomic E-state index is 10.3. The number of rotatable bonds is 6. The molecule has 0 fully saturated rings. The molecule has 0 unspecified atom stereocenters. The minimum absolute atomic E-state index is 0.219. The zero-order valence-electron chi connectivity index (χ0n) is 14.2. The van der Waals surface area contributed by atoms with Crippen LogP contribution in [0.25, 0.3) is 11.0 Å². The highest BCUT2D eigenvalue weighted by molar-refractivity contribution is 5.77. The average molecular weight is 326 g/mol. The van der Waals surface area contributed by atoms with Gasteiger partial charge in [0, 0.05) is 0 Å². The lowest BCUT2D eigenvalue weighted by Gasteiger charge is -2.14. The summed E-state index contributed by atoms with van der Waals surface area (Å²) in [4.78, 5) is 4.41. The van der Waals surface area contributed by atoms with Crippen LogP contribution in [0.15, 0.2) is 42.7 Å². The molecule has 0 spiro atoms. The second-order valence-corrected chi connectivity index (χ2v) is 5.96. The number of methoxy groups -OCH3 is 1. The van der Waals surface area contributed by atoms with Crippen LogP contribution in [0.3, 0.4) is 0 Å². The molecule has 1 atom stereocenters. The fourth-order valence-corrected chi connectivity index (χ4v) is 2.60. The van der Waals surface area contributed by atoms with Crippen LogP contribution < -0.4 is 9.47 Å². The molecular weight excluding hydrogens is 304 g/mol. The Kier molecular flexibility index (Phi) is 4.71. The van der Waals surface area contributed by atoms with Crippen LogP contribution in [-0.2, 0) is 6.54 Å². The number of nitrogens with zero attached hydrogens (tertiary/aromatic N) is 2. The van der Waals surface area contributed by atoms with Gasteiger partial charge in [0.1, 0.15) is 24.2 Å². The summed E-state index contributed by atoms with van der Waals surface area (Å²) < 4.78 is 12.7. The Balaban J connectivity index is 1.64. The molecule has 0 saturated heterocycles. The van der Waals surface area contributed by atoms with Crippen molar-refractivity contribution in [1.82, 2.24) is 9.55 Å². The number of fused-ring (bicyclic) bond motifs is 1. The maximum absolute atomic E-state index is 10.3. The van der Waals surface area contributed by atoms with E-state index >= 15 is 0 Å². The molecule has 0 radical (unpaired) electrons. The zero-order chi connectivity index (χ0) is 17.1. The summed E-state index contributed by atoms with van der Waals surface area (Å²) in [5.41, 5.74) is 4.41. The van der Waals surface area contributed by atoms with Crippen LogP contribution in [0, 0.1) is 13.8 Å². The highest BCUT2D eigenvalue weighted by Crippen LogP contribution is 2.19. The summed E-state index contributed by atoms with van der Waals surface area (Å²) >= 11 is 0. The van der Waals surface area contributed by atoms with E-state index in [0.717, 1.165) is 16.8 Å². The summed E-state index contributed by atoms with van der Waals surface area (Å²) in [6.45, 7) is 4.81. The van der Waals surface area contributed by atoms with Gasteiger partial charge < -0.3 is 19.1 Å². The van der Waals surface area contributed by atoms with Crippen LogP contribution in [-0.4, -0.2) is 34.5 Å². The van der Waals surface area contributed by atoms with Crippen molar-refractivity contribution in [1.29, 1.82) is 0 Å². The lowest BCUT2D eigenvalue weighted by molar-refractivity contribution is 0.0934. The first-order valence-electron chi connectivity index (χ1n) is 7.94. The average Bonchev–Trinajstić information content (AvgIpc) is 2.95. The molecule has 24 heavy (non-hydrogen) atoms. The van der Waals surface area contributed by atoms with Crippen molar-refractivity contribution in [2.24, 2.45) is 0 Å². The Morgan fingerprint density at radius 3 is 2.46 bits per heavy atom. The fraction of sp³-hybridized carbons (Fsp3) is 0.316. The number of hydrogen-bond acceptors (Lipinski definition) is 4. The van der Waals surface area contributed by atoms with Crippen molar-refractivity contribution in [3.63, 3.8) is 0 Å². The van der Waals surface area contributed by atoms with E-state index in [-0.39, 0.29) is 6.61 Å². The molecule has 5 nitrogen and oxygen atoms in total. The smallest absolute Gasteiger partial charge is 0.119 e. The summed E-state index contributed by atoms with van der Waals surface area (Å²) in [6, 6.07) is 11.5. The predicted octanol–water partition coefficient (Wildman–Crippen LogP) is 3.10. The number of aliphatic hydroxyl groups is 1. The molecule has 126 valence electrons. The largest absolute Gasteiger partial charge is 0.497 e. The molecule has 3 aromatic rings. The molecule has 0 aliphatic carbocycles. The van der Waals surface area contributed by atoms with Crippen LogP contribution in [0.4, 0.5) is 0 Å². The Morgan fingerprint density at radius 1 is 1.08 bits per heavy atom. The van der Waals surface area contributed by atoms with Gasteiger partial charge in [-0.3, -0.25) is 0 Å².